The summed E-state index contributed by atoms with van der Waals surface area (Å²) in [6.45, 7) is 10.4. The van der Waals surface area contributed by atoms with Crippen molar-refractivity contribution in [1.29, 1.82) is 0 Å². The van der Waals surface area contributed by atoms with Gasteiger partial charge >= 0.3 is 0 Å². The van der Waals surface area contributed by atoms with E-state index in [9.17, 15) is 35.4 Å². The number of β-amino-alcohol motifs (C(OH)–C–C–N with tert-alkyl or cyclic N) is 1. The van der Waals surface area contributed by atoms with Crippen molar-refractivity contribution >= 4 is 11.7 Å². The fourth-order valence-electron chi connectivity index (χ4n) is 13.1. The lowest BCUT2D eigenvalue weighted by atomic mass is 9.52. The number of allylic oxidation sites excluding steroid dienone is 8. The van der Waals surface area contributed by atoms with Crippen molar-refractivity contribution in [2.75, 3.05) is 26.4 Å². The molecule has 400 valence electrons. The Morgan fingerprint density at radius 3 is 2.52 bits per heavy atom. The summed E-state index contributed by atoms with van der Waals surface area (Å²) in [6.07, 6.45) is 10.9. The predicted octanol–water partition coefficient (Wildman–Crippen LogP) is 7.34. The van der Waals surface area contributed by atoms with Crippen molar-refractivity contribution < 1.29 is 45.0 Å². The average Bonchev–Trinajstić information content (AvgIpc) is 3.75. The zero-order valence-corrected chi connectivity index (χ0v) is 44.1. The maximum atomic E-state index is 15.1. The molecule has 10 atom stereocenters. The van der Waals surface area contributed by atoms with Crippen LogP contribution in [-0.4, -0.2) is 92.6 Å². The van der Waals surface area contributed by atoms with Gasteiger partial charge in [-0.25, -0.2) is 0 Å². The maximum absolute atomic E-state index is 15.1. The number of hydrogen-bond acceptors (Lipinski definition) is 11. The minimum Gasteiger partial charge on any atom is -0.508 e. The topological polar surface area (TPSA) is 215 Å². The highest BCUT2D eigenvalue weighted by atomic mass is 16.5. The first-order chi connectivity index (χ1) is 36.0. The summed E-state index contributed by atoms with van der Waals surface area (Å²) in [5, 5.41) is 76.7. The Morgan fingerprint density at radius 1 is 0.933 bits per heavy atom. The van der Waals surface area contributed by atoms with Crippen molar-refractivity contribution in [3.05, 3.63) is 158 Å². The fourth-order valence-corrected chi connectivity index (χ4v) is 13.1. The molecule has 10 N–H and O–H groups in total. The number of nitrogens with one attached hydrogen (secondary N) is 2. The average molecular weight is 1020 g/mol. The monoisotopic (exact) mass is 1020 g/mol. The molecule has 0 unspecified atom stereocenters. The van der Waals surface area contributed by atoms with E-state index in [-0.39, 0.29) is 56.1 Å². The van der Waals surface area contributed by atoms with Crippen LogP contribution in [0.4, 0.5) is 0 Å². The van der Waals surface area contributed by atoms with Gasteiger partial charge in [-0.3, -0.25) is 14.9 Å². The summed E-state index contributed by atoms with van der Waals surface area (Å²) in [5.74, 6) is 4.67. The second kappa shape index (κ2) is 24.7. The van der Waals surface area contributed by atoms with Crippen LogP contribution in [0.15, 0.2) is 119 Å². The third-order valence-corrected chi connectivity index (χ3v) is 17.3. The first kappa shape index (κ1) is 55.8. The van der Waals surface area contributed by atoms with E-state index in [1.807, 2.05) is 74.5 Å². The van der Waals surface area contributed by atoms with Crippen molar-refractivity contribution in [1.82, 2.24) is 10.6 Å². The molecule has 0 aromatic heterocycles. The van der Waals surface area contributed by atoms with Gasteiger partial charge in [-0.2, -0.15) is 0 Å². The van der Waals surface area contributed by atoms with Gasteiger partial charge in [-0.05, 0) is 172 Å². The number of benzene rings is 3. The molecule has 0 saturated heterocycles. The highest BCUT2D eigenvalue weighted by Gasteiger charge is 2.64. The molecule has 0 radical (unpaired) electrons. The summed E-state index contributed by atoms with van der Waals surface area (Å²) < 4.78 is 6.19. The Bertz CT molecular complexity index is 2780. The predicted molar refractivity (Wildman–Crippen MR) is 292 cm³/mol. The number of Topliss-reactive ketones (excluding diaryl/α,β-unsaturated/α-hetero) is 1. The van der Waals surface area contributed by atoms with Crippen molar-refractivity contribution in [3.8, 4) is 17.6 Å². The van der Waals surface area contributed by atoms with E-state index < -0.39 is 53.4 Å². The summed E-state index contributed by atoms with van der Waals surface area (Å²) >= 11 is 0. The summed E-state index contributed by atoms with van der Waals surface area (Å²) in [6, 6.07) is 17.7. The van der Waals surface area contributed by atoms with Crippen molar-refractivity contribution in [2.45, 2.75) is 147 Å². The van der Waals surface area contributed by atoms with Crippen LogP contribution < -0.4 is 16.4 Å². The van der Waals surface area contributed by atoms with Gasteiger partial charge in [0, 0.05) is 37.3 Å². The van der Waals surface area contributed by atoms with Gasteiger partial charge in [0.15, 0.2) is 5.78 Å². The van der Waals surface area contributed by atoms with Crippen molar-refractivity contribution in [3.63, 3.8) is 0 Å². The number of fused-ring (bicyclic) bond motifs is 4. The molecule has 75 heavy (non-hydrogen) atoms. The standard InChI is InChI=1S/C63H79N3O9/c1-39-11-5-6-30-75-38-47(18-8-14-40(2)13-7-12-39)52-25-28-63(59(52)72)54-23-22-49(68)33-43-16-9-15-42(31-43)32-48(34-44-20-21-50(69)35-45(44)26-29-67)56(71)37-65-58-57-46(17-10-19-53(57)60(64)66-61(58)73)36-55(70)41(3)51(54)24-27-62(63,4)74/h8-10,12,14-21,31,35,48-49,52,54,56,58-60,65,67-69,71-72,74H,2,7,11,13,22-30,32-34,36-38,64H2,1,3-4H3,(H,66,73)/b14-8+,39-12+,47-18-,51-41+/t48-,49+,52-,54-,56-,58-,59-,60+,62-,63-/m1/s1. The Kier molecular flexibility index (Phi) is 18.4. The lowest BCUT2D eigenvalue weighted by Gasteiger charge is -2.56. The number of ketones is 1. The molecule has 12 nitrogen and oxygen atoms in total. The number of aliphatic hydroxyl groups is 5. The molecule has 8 rings (SSSR count). The van der Waals surface area contributed by atoms with Crippen LogP contribution in [0.3, 0.4) is 0 Å². The Balaban J connectivity index is 1.18. The Hall–Kier alpha value is -5.46. The maximum Gasteiger partial charge on any atom is 0.243 e. The summed E-state index contributed by atoms with van der Waals surface area (Å²) in [7, 11) is 0. The minimum absolute atomic E-state index is 0.0156. The van der Waals surface area contributed by atoms with Crippen LogP contribution >= 0.6 is 0 Å². The number of phenols is 1. The number of carbonyl (C=O) groups is 2. The number of aromatic hydroxyl groups is 1. The molecular formula is C63H79N3O9. The second-order valence-corrected chi connectivity index (χ2v) is 22.2. The largest absolute Gasteiger partial charge is 0.508 e. The molecule has 5 aliphatic rings. The van der Waals surface area contributed by atoms with Crippen LogP contribution in [0.25, 0.3) is 0 Å². The zero-order valence-electron chi connectivity index (χ0n) is 44.1. The van der Waals surface area contributed by atoms with E-state index in [1.165, 1.54) is 5.57 Å². The molecule has 3 aliphatic heterocycles. The Morgan fingerprint density at radius 2 is 1.72 bits per heavy atom. The first-order valence-electron chi connectivity index (χ1n) is 27.1. The van der Waals surface area contributed by atoms with Crippen LogP contribution in [0.1, 0.15) is 130 Å². The minimum atomic E-state index is -1.34. The number of ether oxygens (including phenoxy) is 1. The molecule has 2 saturated carbocycles. The third kappa shape index (κ3) is 12.7. The molecule has 1 amide bonds. The van der Waals surface area contributed by atoms with Gasteiger partial charge in [0.1, 0.15) is 24.6 Å². The van der Waals surface area contributed by atoms with Crippen LogP contribution in [0, 0.1) is 35.0 Å². The highest BCUT2D eigenvalue weighted by Crippen LogP contribution is 2.63. The number of carbonyl (C=O) groups excluding carboxylic acids is 2. The first-order valence-corrected chi connectivity index (χ1v) is 27.1. The van der Waals surface area contributed by atoms with Gasteiger partial charge in [0.25, 0.3) is 0 Å². The second-order valence-electron chi connectivity index (χ2n) is 22.2. The molecular weight excluding hydrogens is 943 g/mol. The number of aliphatic hydroxyl groups excluding tert-OH is 4. The smallest absolute Gasteiger partial charge is 0.243 e. The van der Waals surface area contributed by atoms with E-state index in [0.29, 0.717) is 92.9 Å². The number of rotatable bonds is 5. The molecule has 2 fully saturated rings. The SMILES string of the molecule is C=C1/C=C/C=C(\[C@H]2CC[C@@]3([C@@H]4CC[C@H](O)Cc5cccc(c5)C[C@H](Cc5ccc(O)cc5CCO)[C@H](O)CN[C@H]5C(=O)N[C@H](N)c6cccc(c65)CC(=O)/C(C)=C/4CC[C@@]3(C)O)[C@@H]2O)COCC#CC/C(C)=C/CC1. The van der Waals surface area contributed by atoms with E-state index in [2.05, 4.69) is 48.1 Å². The molecule has 1 spiro atoms. The van der Waals surface area contributed by atoms with Gasteiger partial charge < -0.3 is 46.4 Å². The number of phenolic OH excluding ortho intramolecular Hbond substituents is 1. The Labute approximate surface area is 443 Å². The molecule has 3 aromatic carbocycles. The van der Waals surface area contributed by atoms with Gasteiger partial charge in [-0.15, -0.1) is 0 Å². The highest BCUT2D eigenvalue weighted by molar-refractivity contribution is 5.98. The van der Waals surface area contributed by atoms with Crippen LogP contribution in [0.2, 0.25) is 0 Å². The summed E-state index contributed by atoms with van der Waals surface area (Å²) in [4.78, 5) is 29.1. The fraction of sp³-hybridized carbons (Fsp3) is 0.492. The van der Waals surface area contributed by atoms with E-state index in [4.69, 9.17) is 10.5 Å². The van der Waals surface area contributed by atoms with Crippen molar-refractivity contribution in [2.24, 2.45) is 28.9 Å². The summed E-state index contributed by atoms with van der Waals surface area (Å²) in [5.41, 5.74) is 14.0. The molecule has 12 heteroatoms. The molecule has 2 bridgehead atoms. The van der Waals surface area contributed by atoms with Crippen LogP contribution in [0.5, 0.6) is 5.75 Å². The lowest BCUT2D eigenvalue weighted by Crippen LogP contribution is -2.59. The lowest BCUT2D eigenvalue weighted by molar-refractivity contribution is -0.168. The van der Waals surface area contributed by atoms with Gasteiger partial charge in [0.2, 0.25) is 5.91 Å². The third-order valence-electron chi connectivity index (χ3n) is 17.3. The molecule has 3 heterocycles. The zero-order chi connectivity index (χ0) is 53.4. The van der Waals surface area contributed by atoms with Crippen LogP contribution in [-0.2, 0) is 46.4 Å². The molecule has 2 aliphatic carbocycles. The van der Waals surface area contributed by atoms with E-state index in [0.717, 1.165) is 51.8 Å². The van der Waals surface area contributed by atoms with E-state index >= 15 is 4.79 Å². The van der Waals surface area contributed by atoms with Gasteiger partial charge in [-0.1, -0.05) is 108 Å². The molecule has 3 aromatic rings. The number of nitrogens with two attached hydrogens (primary N) is 1. The quantitative estimate of drug-likeness (QED) is 0.0911. The van der Waals surface area contributed by atoms with Gasteiger partial charge in [0.05, 0.1) is 30.5 Å². The van der Waals surface area contributed by atoms with E-state index in [1.54, 1.807) is 12.1 Å². The normalized spacial score (nSPS) is 33.4. The number of hydrogen-bond donors (Lipinski definition) is 9. The number of amides is 1.